The number of hydrogen-bond acceptors (Lipinski definition) is 2. The quantitative estimate of drug-likeness (QED) is 0.505. The molecule has 0 fully saturated rings. The van der Waals surface area contributed by atoms with Crippen LogP contribution in [-0.2, 0) is 0 Å². The minimum atomic E-state index is -0.907. The molecule has 2 aliphatic carbocycles. The van der Waals surface area contributed by atoms with E-state index in [1.807, 2.05) is 6.08 Å². The van der Waals surface area contributed by atoms with Crippen molar-refractivity contribution >= 4 is 0 Å². The molecule has 0 radical (unpaired) electrons. The molecule has 16 heavy (non-hydrogen) atoms. The zero-order chi connectivity index (χ0) is 11.6. The number of aliphatic hydroxyl groups is 2. The molecule has 0 saturated carbocycles. The van der Waals surface area contributed by atoms with Crippen molar-refractivity contribution in [3.63, 3.8) is 0 Å². The summed E-state index contributed by atoms with van der Waals surface area (Å²) < 4.78 is 0. The van der Waals surface area contributed by atoms with Gasteiger partial charge in [0.1, 0.15) is 11.7 Å². The van der Waals surface area contributed by atoms with Gasteiger partial charge < -0.3 is 10.2 Å². The van der Waals surface area contributed by atoms with Gasteiger partial charge in [0, 0.05) is 12.0 Å². The van der Waals surface area contributed by atoms with E-state index in [-0.39, 0.29) is 5.92 Å². The molecule has 0 aromatic rings. The SMILES string of the molecule is C=C[C@@H]1C#CC2=CCCC2(O)CC#C[C@@H]1O. The summed E-state index contributed by atoms with van der Waals surface area (Å²) in [4.78, 5) is 0. The van der Waals surface area contributed by atoms with Gasteiger partial charge in [-0.25, -0.2) is 0 Å². The summed E-state index contributed by atoms with van der Waals surface area (Å²) in [5.74, 6) is 11.0. The standard InChI is InChI=1S/C14H14O2/c1-2-11-7-8-12-5-3-9-14(12,16)10-4-6-13(11)15/h2,5,11,13,15-16H,1,3,9-10H2/t11-,13+,14?/m1/s1. The maximum atomic E-state index is 10.3. The van der Waals surface area contributed by atoms with Gasteiger partial charge in [-0.15, -0.1) is 6.58 Å². The molecule has 0 bridgehead atoms. The molecule has 2 rings (SSSR count). The number of allylic oxidation sites excluding steroid dienone is 1. The highest BCUT2D eigenvalue weighted by Crippen LogP contribution is 2.33. The Balaban J connectivity index is 2.39. The molecule has 0 amide bonds. The monoisotopic (exact) mass is 214 g/mol. The third kappa shape index (κ3) is 1.91. The van der Waals surface area contributed by atoms with Gasteiger partial charge in [0.15, 0.2) is 0 Å². The zero-order valence-electron chi connectivity index (χ0n) is 9.03. The molecule has 0 saturated heterocycles. The van der Waals surface area contributed by atoms with Crippen molar-refractivity contribution in [2.45, 2.75) is 31.0 Å². The minimum Gasteiger partial charge on any atom is -0.383 e. The predicted molar refractivity (Wildman–Crippen MR) is 62.1 cm³/mol. The van der Waals surface area contributed by atoms with Gasteiger partial charge in [-0.3, -0.25) is 0 Å². The smallest absolute Gasteiger partial charge is 0.131 e. The Morgan fingerprint density at radius 1 is 1.50 bits per heavy atom. The number of rotatable bonds is 1. The van der Waals surface area contributed by atoms with Crippen LogP contribution in [0.1, 0.15) is 19.3 Å². The minimum absolute atomic E-state index is 0.342. The topological polar surface area (TPSA) is 40.5 Å². The molecule has 0 aliphatic heterocycles. The van der Waals surface area contributed by atoms with E-state index in [2.05, 4.69) is 30.3 Å². The van der Waals surface area contributed by atoms with Gasteiger partial charge in [-0.05, 0) is 12.8 Å². The molecule has 2 aliphatic rings. The lowest BCUT2D eigenvalue weighted by atomic mass is 9.92. The van der Waals surface area contributed by atoms with E-state index < -0.39 is 11.7 Å². The normalized spacial score (nSPS) is 36.2. The highest BCUT2D eigenvalue weighted by Gasteiger charge is 2.33. The molecular formula is C14H14O2. The van der Waals surface area contributed by atoms with Crippen LogP contribution in [0.4, 0.5) is 0 Å². The number of hydrogen-bond donors (Lipinski definition) is 2. The molecule has 0 heterocycles. The average molecular weight is 214 g/mol. The summed E-state index contributed by atoms with van der Waals surface area (Å²) in [6, 6.07) is 0. The van der Waals surface area contributed by atoms with Crippen LogP contribution in [0.2, 0.25) is 0 Å². The molecule has 0 aromatic heterocycles. The Labute approximate surface area is 95.7 Å². The molecule has 2 nitrogen and oxygen atoms in total. The van der Waals surface area contributed by atoms with E-state index in [1.54, 1.807) is 6.08 Å². The number of aliphatic hydroxyl groups excluding tert-OH is 1. The maximum absolute atomic E-state index is 10.3. The first-order chi connectivity index (χ1) is 7.65. The molecular weight excluding hydrogens is 200 g/mol. The van der Waals surface area contributed by atoms with Crippen molar-refractivity contribution in [3.05, 3.63) is 24.3 Å². The summed E-state index contributed by atoms with van der Waals surface area (Å²) in [5, 5.41) is 20.0. The van der Waals surface area contributed by atoms with Crippen LogP contribution in [0.25, 0.3) is 0 Å². The third-order valence-electron chi connectivity index (χ3n) is 3.01. The Hall–Kier alpha value is -1.48. The Morgan fingerprint density at radius 3 is 3.06 bits per heavy atom. The predicted octanol–water partition coefficient (Wildman–Crippen LogP) is 1.01. The second-order valence-electron chi connectivity index (χ2n) is 4.16. The first-order valence-corrected chi connectivity index (χ1v) is 5.39. The molecule has 0 spiro atoms. The summed E-state index contributed by atoms with van der Waals surface area (Å²) in [6.45, 7) is 3.63. The highest BCUT2D eigenvalue weighted by atomic mass is 16.3. The Kier molecular flexibility index (Phi) is 2.88. The van der Waals surface area contributed by atoms with Gasteiger partial charge in [0.2, 0.25) is 0 Å². The molecule has 2 heteroatoms. The molecule has 2 N–H and O–H groups in total. The molecule has 0 aromatic carbocycles. The lowest BCUT2D eigenvalue weighted by Crippen LogP contribution is -2.26. The van der Waals surface area contributed by atoms with E-state index in [1.165, 1.54) is 0 Å². The Bertz CT molecular complexity index is 453. The second-order valence-corrected chi connectivity index (χ2v) is 4.16. The fourth-order valence-corrected chi connectivity index (χ4v) is 1.95. The number of fused-ring (bicyclic) bond motifs is 1. The van der Waals surface area contributed by atoms with Gasteiger partial charge in [0.25, 0.3) is 0 Å². The van der Waals surface area contributed by atoms with Crippen LogP contribution in [0, 0.1) is 29.6 Å². The van der Waals surface area contributed by atoms with Gasteiger partial charge in [-0.1, -0.05) is 35.8 Å². The van der Waals surface area contributed by atoms with Crippen molar-refractivity contribution in [2.75, 3.05) is 0 Å². The van der Waals surface area contributed by atoms with Crippen molar-refractivity contribution in [1.29, 1.82) is 0 Å². The fraction of sp³-hybridized carbons (Fsp3) is 0.429. The van der Waals surface area contributed by atoms with Crippen LogP contribution in [0.3, 0.4) is 0 Å². The van der Waals surface area contributed by atoms with Crippen molar-refractivity contribution in [1.82, 2.24) is 0 Å². The lowest BCUT2D eigenvalue weighted by molar-refractivity contribution is 0.0893. The highest BCUT2D eigenvalue weighted by molar-refractivity contribution is 5.43. The zero-order valence-corrected chi connectivity index (χ0v) is 9.03. The largest absolute Gasteiger partial charge is 0.383 e. The summed E-state index contributed by atoms with van der Waals surface area (Å²) in [5.41, 5.74) is -0.168. The van der Waals surface area contributed by atoms with Crippen molar-refractivity contribution in [3.8, 4) is 23.7 Å². The maximum Gasteiger partial charge on any atom is 0.131 e. The second kappa shape index (κ2) is 4.18. The van der Waals surface area contributed by atoms with Crippen molar-refractivity contribution in [2.24, 2.45) is 5.92 Å². The lowest BCUT2D eigenvalue weighted by Gasteiger charge is -2.20. The van der Waals surface area contributed by atoms with Crippen LogP contribution in [0.15, 0.2) is 24.3 Å². The van der Waals surface area contributed by atoms with Gasteiger partial charge >= 0.3 is 0 Å². The fourth-order valence-electron chi connectivity index (χ4n) is 1.95. The summed E-state index contributed by atoms with van der Waals surface area (Å²) >= 11 is 0. The third-order valence-corrected chi connectivity index (χ3v) is 3.01. The Morgan fingerprint density at radius 2 is 2.31 bits per heavy atom. The van der Waals surface area contributed by atoms with Gasteiger partial charge in [0.05, 0.1) is 5.92 Å². The first kappa shape index (κ1) is 11.0. The molecule has 1 unspecified atom stereocenters. The summed E-state index contributed by atoms with van der Waals surface area (Å²) in [6.07, 6.45) is 4.57. The van der Waals surface area contributed by atoms with E-state index in [9.17, 15) is 10.2 Å². The van der Waals surface area contributed by atoms with Crippen molar-refractivity contribution < 1.29 is 10.2 Å². The first-order valence-electron chi connectivity index (χ1n) is 5.39. The van der Waals surface area contributed by atoms with E-state index in [4.69, 9.17) is 0 Å². The van der Waals surface area contributed by atoms with Crippen LogP contribution in [-0.4, -0.2) is 21.9 Å². The van der Waals surface area contributed by atoms with Gasteiger partial charge in [-0.2, -0.15) is 0 Å². The van der Waals surface area contributed by atoms with E-state index >= 15 is 0 Å². The van der Waals surface area contributed by atoms with E-state index in [0.29, 0.717) is 12.8 Å². The van der Waals surface area contributed by atoms with E-state index in [0.717, 1.165) is 12.0 Å². The molecule has 3 atom stereocenters. The van der Waals surface area contributed by atoms with Crippen LogP contribution >= 0.6 is 0 Å². The van der Waals surface area contributed by atoms with Crippen LogP contribution in [0.5, 0.6) is 0 Å². The molecule has 82 valence electrons. The average Bonchev–Trinajstić information content (AvgIpc) is 2.61. The summed E-state index contributed by atoms with van der Waals surface area (Å²) in [7, 11) is 0. The van der Waals surface area contributed by atoms with Crippen LogP contribution < -0.4 is 0 Å².